The molecule has 0 aliphatic rings. The summed E-state index contributed by atoms with van der Waals surface area (Å²) in [6, 6.07) is -1.74. The van der Waals surface area contributed by atoms with Gasteiger partial charge in [0.2, 0.25) is 5.91 Å². The minimum atomic E-state index is -0.950. The molecular weight excluding hydrogens is 300 g/mol. The maximum atomic E-state index is 12.2. The quantitative estimate of drug-likeness (QED) is 0.707. The van der Waals surface area contributed by atoms with E-state index in [1.165, 1.54) is 7.11 Å². The van der Waals surface area contributed by atoms with Crippen molar-refractivity contribution in [3.8, 4) is 0 Å². The van der Waals surface area contributed by atoms with E-state index in [1.54, 1.807) is 20.8 Å². The van der Waals surface area contributed by atoms with Crippen LogP contribution in [-0.4, -0.2) is 42.6 Å². The first-order valence-electron chi connectivity index (χ1n) is 7.63. The third-order valence-corrected chi connectivity index (χ3v) is 3.09. The van der Waals surface area contributed by atoms with Gasteiger partial charge in [-0.15, -0.1) is 0 Å². The second-order valence-electron chi connectivity index (χ2n) is 7.55. The third kappa shape index (κ3) is 8.54. The fraction of sp³-hybridized carbons (Fsp3) is 0.812. The molecule has 0 spiro atoms. The van der Waals surface area contributed by atoms with E-state index < -0.39 is 40.9 Å². The largest absolute Gasteiger partial charge is 0.469 e. The van der Waals surface area contributed by atoms with Gasteiger partial charge in [-0.3, -0.25) is 9.59 Å². The molecule has 0 unspecified atom stereocenters. The summed E-state index contributed by atoms with van der Waals surface area (Å²) >= 11 is 0. The molecule has 7 heteroatoms. The molecule has 0 rings (SSSR count). The van der Waals surface area contributed by atoms with Gasteiger partial charge in [0.25, 0.3) is 0 Å². The van der Waals surface area contributed by atoms with Crippen LogP contribution >= 0.6 is 0 Å². The lowest BCUT2D eigenvalue weighted by Crippen LogP contribution is -2.54. The zero-order chi connectivity index (χ0) is 18.4. The lowest BCUT2D eigenvalue weighted by atomic mass is 9.86. The summed E-state index contributed by atoms with van der Waals surface area (Å²) in [6.07, 6.45) is 0.0790. The lowest BCUT2D eigenvalue weighted by Gasteiger charge is -2.29. The van der Waals surface area contributed by atoms with Crippen LogP contribution in [0.3, 0.4) is 0 Å². The highest BCUT2D eigenvalue weighted by Crippen LogP contribution is 2.18. The van der Waals surface area contributed by atoms with Crippen LogP contribution in [0.2, 0.25) is 0 Å². The van der Waals surface area contributed by atoms with Crippen LogP contribution in [-0.2, 0) is 23.9 Å². The van der Waals surface area contributed by atoms with Gasteiger partial charge in [0.05, 0.1) is 13.2 Å². The van der Waals surface area contributed by atoms with Crippen molar-refractivity contribution in [2.45, 2.75) is 72.1 Å². The van der Waals surface area contributed by atoms with Crippen LogP contribution in [0, 0.1) is 5.41 Å². The molecule has 134 valence electrons. The summed E-state index contributed by atoms with van der Waals surface area (Å²) in [4.78, 5) is 35.8. The number of nitrogens with two attached hydrogens (primary N) is 1. The van der Waals surface area contributed by atoms with Gasteiger partial charge < -0.3 is 20.5 Å². The number of rotatable bonds is 6. The molecule has 0 radical (unpaired) electrons. The SMILES string of the molecule is COC(=O)CC[C@@H](NC(=O)[C@@H](N)C(C)(C)C)C(=O)OC(C)(C)C. The van der Waals surface area contributed by atoms with E-state index in [0.29, 0.717) is 0 Å². The number of methoxy groups -OCH3 is 1. The minimum Gasteiger partial charge on any atom is -0.469 e. The average Bonchev–Trinajstić information content (AvgIpc) is 2.38. The van der Waals surface area contributed by atoms with Crippen molar-refractivity contribution in [1.82, 2.24) is 5.32 Å². The second kappa shape index (κ2) is 8.29. The van der Waals surface area contributed by atoms with Gasteiger partial charge in [-0.2, -0.15) is 0 Å². The van der Waals surface area contributed by atoms with Gasteiger partial charge in [0.1, 0.15) is 11.6 Å². The zero-order valence-corrected chi connectivity index (χ0v) is 15.2. The molecule has 0 saturated heterocycles. The van der Waals surface area contributed by atoms with E-state index in [0.717, 1.165) is 0 Å². The Labute approximate surface area is 138 Å². The fourth-order valence-corrected chi connectivity index (χ4v) is 1.64. The Kier molecular flexibility index (Phi) is 7.70. The number of amides is 1. The normalized spacial score (nSPS) is 14.6. The molecule has 2 atom stereocenters. The predicted octanol–water partition coefficient (Wildman–Crippen LogP) is 1.14. The van der Waals surface area contributed by atoms with Crippen LogP contribution in [0.25, 0.3) is 0 Å². The van der Waals surface area contributed by atoms with Crippen LogP contribution in [0.1, 0.15) is 54.4 Å². The van der Waals surface area contributed by atoms with E-state index in [4.69, 9.17) is 10.5 Å². The van der Waals surface area contributed by atoms with Gasteiger partial charge in [-0.25, -0.2) is 4.79 Å². The van der Waals surface area contributed by atoms with Crippen molar-refractivity contribution >= 4 is 17.8 Å². The van der Waals surface area contributed by atoms with E-state index in [-0.39, 0.29) is 12.8 Å². The van der Waals surface area contributed by atoms with Crippen LogP contribution in [0.4, 0.5) is 0 Å². The Balaban J connectivity index is 5.01. The molecule has 0 aromatic heterocycles. The standard InChI is InChI=1S/C16H30N2O5/c1-15(2,3)12(17)13(20)18-10(8-9-11(19)22-7)14(21)23-16(4,5)6/h10,12H,8-9,17H2,1-7H3,(H,18,20)/t10-,12-/m1/s1. The van der Waals surface area contributed by atoms with Crippen molar-refractivity contribution in [1.29, 1.82) is 0 Å². The van der Waals surface area contributed by atoms with E-state index in [9.17, 15) is 14.4 Å². The fourth-order valence-electron chi connectivity index (χ4n) is 1.64. The first kappa shape index (κ1) is 21.4. The maximum Gasteiger partial charge on any atom is 0.329 e. The van der Waals surface area contributed by atoms with Crippen molar-refractivity contribution in [2.75, 3.05) is 7.11 Å². The monoisotopic (exact) mass is 330 g/mol. The number of esters is 2. The second-order valence-corrected chi connectivity index (χ2v) is 7.55. The van der Waals surface area contributed by atoms with Crippen molar-refractivity contribution in [3.05, 3.63) is 0 Å². The van der Waals surface area contributed by atoms with Crippen molar-refractivity contribution < 1.29 is 23.9 Å². The number of carbonyl (C=O) groups is 3. The third-order valence-electron chi connectivity index (χ3n) is 3.09. The average molecular weight is 330 g/mol. The Morgan fingerprint density at radius 3 is 2.00 bits per heavy atom. The van der Waals surface area contributed by atoms with Gasteiger partial charge in [0.15, 0.2) is 0 Å². The summed E-state index contributed by atoms with van der Waals surface area (Å²) in [6.45, 7) is 10.7. The molecule has 3 N–H and O–H groups in total. The number of carbonyl (C=O) groups excluding carboxylic acids is 3. The highest BCUT2D eigenvalue weighted by Gasteiger charge is 2.32. The van der Waals surface area contributed by atoms with Crippen molar-refractivity contribution in [3.63, 3.8) is 0 Å². The molecule has 0 bridgehead atoms. The molecule has 0 saturated carbocycles. The number of nitrogens with one attached hydrogen (secondary N) is 1. The van der Waals surface area contributed by atoms with Gasteiger partial charge >= 0.3 is 11.9 Å². The predicted molar refractivity (Wildman–Crippen MR) is 86.5 cm³/mol. The zero-order valence-electron chi connectivity index (χ0n) is 15.2. The molecule has 23 heavy (non-hydrogen) atoms. The Morgan fingerprint density at radius 1 is 1.09 bits per heavy atom. The van der Waals surface area contributed by atoms with E-state index in [1.807, 2.05) is 20.8 Å². The molecule has 7 nitrogen and oxygen atoms in total. The molecule has 0 aromatic rings. The van der Waals surface area contributed by atoms with Crippen LogP contribution < -0.4 is 11.1 Å². The maximum absolute atomic E-state index is 12.2. The summed E-state index contributed by atoms with van der Waals surface area (Å²) < 4.78 is 9.84. The molecule has 0 aliphatic heterocycles. The first-order valence-corrected chi connectivity index (χ1v) is 7.63. The number of hydrogen-bond donors (Lipinski definition) is 2. The van der Waals surface area contributed by atoms with Crippen molar-refractivity contribution in [2.24, 2.45) is 11.1 Å². The number of ether oxygens (including phenoxy) is 2. The van der Waals surface area contributed by atoms with Gasteiger partial charge in [-0.1, -0.05) is 20.8 Å². The highest BCUT2D eigenvalue weighted by atomic mass is 16.6. The van der Waals surface area contributed by atoms with E-state index >= 15 is 0 Å². The Hall–Kier alpha value is -1.63. The topological polar surface area (TPSA) is 108 Å². The van der Waals surface area contributed by atoms with Crippen LogP contribution in [0.15, 0.2) is 0 Å². The molecule has 0 aliphatic carbocycles. The molecular formula is C16H30N2O5. The smallest absolute Gasteiger partial charge is 0.329 e. The van der Waals surface area contributed by atoms with Gasteiger partial charge in [-0.05, 0) is 32.6 Å². The Bertz CT molecular complexity index is 435. The lowest BCUT2D eigenvalue weighted by molar-refractivity contribution is -0.159. The summed E-state index contributed by atoms with van der Waals surface area (Å²) in [5.41, 5.74) is 4.75. The molecule has 1 amide bonds. The molecule has 0 heterocycles. The Morgan fingerprint density at radius 2 is 1.61 bits per heavy atom. The van der Waals surface area contributed by atoms with Crippen LogP contribution in [0.5, 0.6) is 0 Å². The molecule has 0 aromatic carbocycles. The molecule has 0 fully saturated rings. The number of hydrogen-bond acceptors (Lipinski definition) is 6. The summed E-state index contributed by atoms with van der Waals surface area (Å²) in [5, 5.41) is 2.58. The highest BCUT2D eigenvalue weighted by molar-refractivity contribution is 5.88. The summed E-state index contributed by atoms with van der Waals surface area (Å²) in [7, 11) is 1.26. The van der Waals surface area contributed by atoms with E-state index in [2.05, 4.69) is 10.1 Å². The van der Waals surface area contributed by atoms with Gasteiger partial charge in [0, 0.05) is 6.42 Å². The summed E-state index contributed by atoms with van der Waals surface area (Å²) in [5.74, 6) is -1.53. The minimum absolute atomic E-state index is 0.00849. The first-order chi connectivity index (χ1) is 10.3.